The minimum Gasteiger partial charge on any atom is -0.465 e. The number of aryl methyl sites for hydroxylation is 1. The molecule has 21 heavy (non-hydrogen) atoms. The molecule has 0 saturated heterocycles. The number of nitrogens with zero attached hydrogens (tertiary/aromatic N) is 3. The van der Waals surface area contributed by atoms with Gasteiger partial charge in [-0.05, 0) is 12.5 Å². The fourth-order valence-electron chi connectivity index (χ4n) is 1.83. The van der Waals surface area contributed by atoms with Crippen LogP contribution < -0.4 is 11.1 Å². The van der Waals surface area contributed by atoms with Crippen LogP contribution in [-0.2, 0) is 11.3 Å². The number of carbonyl (C=O) groups is 1. The highest BCUT2D eigenvalue weighted by molar-refractivity contribution is 7.17. The third-order valence-electron chi connectivity index (χ3n) is 2.83. The summed E-state index contributed by atoms with van der Waals surface area (Å²) in [5.74, 6) is -0.553. The van der Waals surface area contributed by atoms with E-state index in [1.165, 1.54) is 7.11 Å². The highest BCUT2D eigenvalue weighted by Gasteiger charge is 2.22. The van der Waals surface area contributed by atoms with Gasteiger partial charge in [0.25, 0.3) is 0 Å². The number of nitrogens with two attached hydrogens (primary N) is 1. The summed E-state index contributed by atoms with van der Waals surface area (Å²) in [5.41, 5.74) is 7.27. The summed E-state index contributed by atoms with van der Waals surface area (Å²) < 4.78 is 6.50. The molecule has 0 spiro atoms. The number of nitriles is 1. The first kappa shape index (κ1) is 14.9. The van der Waals surface area contributed by atoms with E-state index in [2.05, 4.69) is 10.4 Å². The molecule has 0 aliphatic rings. The lowest BCUT2D eigenvalue weighted by Crippen LogP contribution is -2.13. The van der Waals surface area contributed by atoms with E-state index in [1.54, 1.807) is 10.9 Å². The maximum Gasteiger partial charge on any atom is 0.343 e. The Hall–Kier alpha value is -2.53. The largest absolute Gasteiger partial charge is 0.465 e. The molecule has 0 bridgehead atoms. The Morgan fingerprint density at radius 3 is 3.00 bits per heavy atom. The standard InChI is InChI=1S/C13H15N5O2S/c1-8-6-17-18(7-8)4-3-16-12-10(13(19)20-2)11(15)9(5-14)21-12/h6-7,16H,3-4,15H2,1-2H3. The molecule has 7 nitrogen and oxygen atoms in total. The van der Waals surface area contributed by atoms with E-state index >= 15 is 0 Å². The molecule has 3 N–H and O–H groups in total. The average Bonchev–Trinajstić information content (AvgIpc) is 3.02. The molecule has 0 unspecified atom stereocenters. The van der Waals surface area contributed by atoms with Crippen molar-refractivity contribution >= 4 is 28.0 Å². The van der Waals surface area contributed by atoms with E-state index in [1.807, 2.05) is 19.2 Å². The van der Waals surface area contributed by atoms with Crippen molar-refractivity contribution in [2.45, 2.75) is 13.5 Å². The molecule has 0 fully saturated rings. The van der Waals surface area contributed by atoms with E-state index in [0.717, 1.165) is 16.9 Å². The molecule has 0 aliphatic heterocycles. The van der Waals surface area contributed by atoms with Gasteiger partial charge in [-0.15, -0.1) is 11.3 Å². The van der Waals surface area contributed by atoms with Crippen LogP contribution in [0.15, 0.2) is 12.4 Å². The second-order valence-electron chi connectivity index (χ2n) is 4.36. The zero-order valence-corrected chi connectivity index (χ0v) is 12.5. The van der Waals surface area contributed by atoms with Crippen LogP contribution in [0.5, 0.6) is 0 Å². The van der Waals surface area contributed by atoms with Gasteiger partial charge in [0.1, 0.15) is 21.5 Å². The third-order valence-corrected chi connectivity index (χ3v) is 3.89. The number of nitrogen functional groups attached to an aromatic ring is 1. The summed E-state index contributed by atoms with van der Waals surface area (Å²) in [4.78, 5) is 12.1. The lowest BCUT2D eigenvalue weighted by atomic mass is 10.2. The molecule has 2 heterocycles. The van der Waals surface area contributed by atoms with Gasteiger partial charge in [-0.1, -0.05) is 0 Å². The first-order valence-electron chi connectivity index (χ1n) is 6.20. The number of anilines is 2. The lowest BCUT2D eigenvalue weighted by Gasteiger charge is -2.07. The Bertz CT molecular complexity index is 698. The molecule has 2 aromatic heterocycles. The van der Waals surface area contributed by atoms with Crippen molar-refractivity contribution in [1.29, 1.82) is 5.26 Å². The van der Waals surface area contributed by atoms with Crippen LogP contribution in [0, 0.1) is 18.3 Å². The maximum absolute atomic E-state index is 11.8. The Morgan fingerprint density at radius 1 is 1.67 bits per heavy atom. The zero-order chi connectivity index (χ0) is 15.4. The number of aromatic nitrogens is 2. The van der Waals surface area contributed by atoms with Crippen molar-refractivity contribution in [3.8, 4) is 6.07 Å². The van der Waals surface area contributed by atoms with Gasteiger partial charge in [0.15, 0.2) is 0 Å². The van der Waals surface area contributed by atoms with Crippen LogP contribution >= 0.6 is 11.3 Å². The predicted octanol–water partition coefficient (Wildman–Crippen LogP) is 1.61. The topological polar surface area (TPSA) is 106 Å². The van der Waals surface area contributed by atoms with E-state index in [9.17, 15) is 4.79 Å². The maximum atomic E-state index is 11.8. The van der Waals surface area contributed by atoms with Crippen LogP contribution in [0.2, 0.25) is 0 Å². The van der Waals surface area contributed by atoms with Gasteiger partial charge in [-0.2, -0.15) is 10.4 Å². The molecular weight excluding hydrogens is 290 g/mol. The fraction of sp³-hybridized carbons (Fsp3) is 0.308. The highest BCUT2D eigenvalue weighted by Crippen LogP contribution is 2.35. The minimum atomic E-state index is -0.553. The van der Waals surface area contributed by atoms with E-state index in [4.69, 9.17) is 15.7 Å². The van der Waals surface area contributed by atoms with Gasteiger partial charge in [0.2, 0.25) is 0 Å². The Morgan fingerprint density at radius 2 is 2.43 bits per heavy atom. The fourth-order valence-corrected chi connectivity index (χ4v) is 2.76. The second kappa shape index (κ2) is 6.28. The van der Waals surface area contributed by atoms with Crippen molar-refractivity contribution in [3.63, 3.8) is 0 Å². The summed E-state index contributed by atoms with van der Waals surface area (Å²) in [7, 11) is 1.28. The molecule has 110 valence electrons. The molecule has 0 aromatic carbocycles. The number of hydrogen-bond donors (Lipinski definition) is 2. The SMILES string of the molecule is COC(=O)c1c(NCCn2cc(C)cn2)sc(C#N)c1N. The van der Waals surface area contributed by atoms with Crippen molar-refractivity contribution in [3.05, 3.63) is 28.4 Å². The second-order valence-corrected chi connectivity index (χ2v) is 5.38. The Balaban J connectivity index is 2.12. The van der Waals surface area contributed by atoms with Gasteiger partial charge >= 0.3 is 5.97 Å². The van der Waals surface area contributed by atoms with E-state index in [0.29, 0.717) is 23.0 Å². The number of methoxy groups -OCH3 is 1. The summed E-state index contributed by atoms with van der Waals surface area (Å²) >= 11 is 1.14. The molecule has 2 aromatic rings. The van der Waals surface area contributed by atoms with Crippen LogP contribution in [0.4, 0.5) is 10.7 Å². The summed E-state index contributed by atoms with van der Waals surface area (Å²) in [6.07, 6.45) is 3.70. The quantitative estimate of drug-likeness (QED) is 0.813. The van der Waals surface area contributed by atoms with E-state index < -0.39 is 5.97 Å². The molecule has 0 radical (unpaired) electrons. The van der Waals surface area contributed by atoms with Crippen LogP contribution in [-0.4, -0.2) is 29.4 Å². The molecule has 0 aliphatic carbocycles. The number of hydrogen-bond acceptors (Lipinski definition) is 7. The lowest BCUT2D eigenvalue weighted by molar-refractivity contribution is 0.0603. The highest BCUT2D eigenvalue weighted by atomic mass is 32.1. The van der Waals surface area contributed by atoms with Gasteiger partial charge in [0.05, 0.1) is 25.5 Å². The number of rotatable bonds is 5. The summed E-state index contributed by atoms with van der Waals surface area (Å²) in [6, 6.07) is 1.97. The minimum absolute atomic E-state index is 0.159. The van der Waals surface area contributed by atoms with Crippen molar-refractivity contribution in [2.24, 2.45) is 0 Å². The van der Waals surface area contributed by atoms with Crippen molar-refractivity contribution in [2.75, 3.05) is 24.7 Å². The predicted molar refractivity (Wildman–Crippen MR) is 80.2 cm³/mol. The molecule has 8 heteroatoms. The number of ether oxygens (including phenoxy) is 1. The van der Waals surface area contributed by atoms with Crippen LogP contribution in [0.3, 0.4) is 0 Å². The van der Waals surface area contributed by atoms with Gasteiger partial charge < -0.3 is 15.8 Å². The molecule has 0 amide bonds. The number of carbonyl (C=O) groups excluding carboxylic acids is 1. The van der Waals surface area contributed by atoms with Crippen LogP contribution in [0.1, 0.15) is 20.8 Å². The number of nitrogens with one attached hydrogen (secondary N) is 1. The van der Waals surface area contributed by atoms with Crippen LogP contribution in [0.25, 0.3) is 0 Å². The first-order chi connectivity index (χ1) is 10.1. The normalized spacial score (nSPS) is 10.1. The first-order valence-corrected chi connectivity index (χ1v) is 7.02. The molecular formula is C13H15N5O2S. The van der Waals surface area contributed by atoms with Gasteiger partial charge in [-0.25, -0.2) is 4.79 Å². The third kappa shape index (κ3) is 3.14. The summed E-state index contributed by atoms with van der Waals surface area (Å²) in [5, 5.41) is 16.8. The van der Waals surface area contributed by atoms with Crippen molar-refractivity contribution < 1.29 is 9.53 Å². The number of thiophene rings is 1. The monoisotopic (exact) mass is 305 g/mol. The smallest absolute Gasteiger partial charge is 0.343 e. The van der Waals surface area contributed by atoms with Gasteiger partial charge in [-0.3, -0.25) is 4.68 Å². The van der Waals surface area contributed by atoms with Crippen molar-refractivity contribution in [1.82, 2.24) is 9.78 Å². The molecule has 0 atom stereocenters. The Labute approximate surface area is 125 Å². The average molecular weight is 305 g/mol. The Kier molecular flexibility index (Phi) is 4.45. The molecule has 0 saturated carbocycles. The number of esters is 1. The molecule has 2 rings (SSSR count). The van der Waals surface area contributed by atoms with Gasteiger partial charge in [0, 0.05) is 12.7 Å². The zero-order valence-electron chi connectivity index (χ0n) is 11.7. The van der Waals surface area contributed by atoms with E-state index in [-0.39, 0.29) is 11.3 Å². The summed E-state index contributed by atoms with van der Waals surface area (Å²) in [6.45, 7) is 3.15.